The second-order valence-electron chi connectivity index (χ2n) is 3.65. The minimum Gasteiger partial charge on any atom is -0.477 e. The van der Waals surface area contributed by atoms with Crippen molar-refractivity contribution in [2.24, 2.45) is 0 Å². The van der Waals surface area contributed by atoms with Crippen molar-refractivity contribution in [3.63, 3.8) is 0 Å². The monoisotopic (exact) mass is 244 g/mol. The minimum absolute atomic E-state index is 0.0911. The van der Waals surface area contributed by atoms with Gasteiger partial charge in [-0.25, -0.2) is 14.8 Å². The quantitative estimate of drug-likeness (QED) is 0.894. The van der Waals surface area contributed by atoms with Crippen molar-refractivity contribution in [1.82, 2.24) is 9.97 Å². The molecule has 1 aromatic carbocycles. The summed E-state index contributed by atoms with van der Waals surface area (Å²) in [7, 11) is 0. The van der Waals surface area contributed by atoms with Gasteiger partial charge in [-0.05, 0) is 24.1 Å². The van der Waals surface area contributed by atoms with Gasteiger partial charge in [-0.2, -0.15) is 0 Å². The van der Waals surface area contributed by atoms with Crippen LogP contribution in [0.5, 0.6) is 11.6 Å². The number of rotatable bonds is 4. The van der Waals surface area contributed by atoms with Gasteiger partial charge in [0, 0.05) is 6.07 Å². The first-order valence-corrected chi connectivity index (χ1v) is 5.51. The number of carbonyl (C=O) groups is 1. The van der Waals surface area contributed by atoms with Crippen LogP contribution in [0.3, 0.4) is 0 Å². The second-order valence-corrected chi connectivity index (χ2v) is 3.65. The molecule has 0 saturated heterocycles. The van der Waals surface area contributed by atoms with Crippen LogP contribution in [0.25, 0.3) is 0 Å². The first-order chi connectivity index (χ1) is 8.69. The molecule has 0 aliphatic carbocycles. The topological polar surface area (TPSA) is 72.3 Å². The highest BCUT2D eigenvalue weighted by Crippen LogP contribution is 2.20. The first-order valence-electron chi connectivity index (χ1n) is 5.51. The van der Waals surface area contributed by atoms with Crippen molar-refractivity contribution in [3.8, 4) is 11.6 Å². The third-order valence-corrected chi connectivity index (χ3v) is 2.39. The fourth-order valence-electron chi connectivity index (χ4n) is 1.46. The number of benzene rings is 1. The van der Waals surface area contributed by atoms with Crippen LogP contribution >= 0.6 is 0 Å². The Kier molecular flexibility index (Phi) is 3.52. The zero-order valence-electron chi connectivity index (χ0n) is 9.83. The highest BCUT2D eigenvalue weighted by Gasteiger charge is 2.07. The molecule has 0 unspecified atom stereocenters. The molecule has 0 bridgehead atoms. The van der Waals surface area contributed by atoms with Gasteiger partial charge in [0.25, 0.3) is 0 Å². The van der Waals surface area contributed by atoms with Crippen LogP contribution in [-0.2, 0) is 6.42 Å². The molecule has 92 valence electrons. The van der Waals surface area contributed by atoms with Crippen molar-refractivity contribution in [2.45, 2.75) is 13.3 Å². The summed E-state index contributed by atoms with van der Waals surface area (Å²) >= 11 is 0. The van der Waals surface area contributed by atoms with Gasteiger partial charge in [-0.1, -0.05) is 19.1 Å². The van der Waals surface area contributed by atoms with Crippen molar-refractivity contribution in [2.75, 3.05) is 0 Å². The van der Waals surface area contributed by atoms with Gasteiger partial charge in [0.15, 0.2) is 5.69 Å². The lowest BCUT2D eigenvalue weighted by molar-refractivity contribution is 0.0689. The fourth-order valence-corrected chi connectivity index (χ4v) is 1.46. The zero-order chi connectivity index (χ0) is 13.0. The van der Waals surface area contributed by atoms with E-state index in [1.807, 2.05) is 25.1 Å². The van der Waals surface area contributed by atoms with E-state index < -0.39 is 5.97 Å². The van der Waals surface area contributed by atoms with E-state index in [1.165, 1.54) is 12.4 Å². The lowest BCUT2D eigenvalue weighted by atomic mass is 10.2. The molecule has 18 heavy (non-hydrogen) atoms. The first kappa shape index (κ1) is 12.0. The Hall–Kier alpha value is -2.43. The summed E-state index contributed by atoms with van der Waals surface area (Å²) in [4.78, 5) is 18.3. The highest BCUT2D eigenvalue weighted by molar-refractivity contribution is 5.85. The molecule has 5 nitrogen and oxygen atoms in total. The largest absolute Gasteiger partial charge is 0.477 e. The molecule has 5 heteroatoms. The average molecular weight is 244 g/mol. The summed E-state index contributed by atoms with van der Waals surface area (Å²) in [5.41, 5.74) is 1.05. The molecule has 1 aromatic heterocycles. The van der Waals surface area contributed by atoms with Gasteiger partial charge in [-0.3, -0.25) is 0 Å². The third-order valence-electron chi connectivity index (χ3n) is 2.39. The van der Waals surface area contributed by atoms with Crippen molar-refractivity contribution >= 4 is 5.97 Å². The van der Waals surface area contributed by atoms with Gasteiger partial charge >= 0.3 is 5.97 Å². The number of carboxylic acid groups (broad SMARTS) is 1. The Bertz CT molecular complexity index is 570. The fraction of sp³-hybridized carbons (Fsp3) is 0.154. The normalized spacial score (nSPS) is 10.1. The van der Waals surface area contributed by atoms with Crippen molar-refractivity contribution in [1.29, 1.82) is 0 Å². The highest BCUT2D eigenvalue weighted by atomic mass is 16.5. The molecule has 0 radical (unpaired) electrons. The van der Waals surface area contributed by atoms with E-state index in [0.29, 0.717) is 5.75 Å². The molecule has 2 aromatic rings. The summed E-state index contributed by atoms with van der Waals surface area (Å²) in [6.07, 6.45) is 2.07. The number of nitrogens with zero attached hydrogens (tertiary/aromatic N) is 2. The molecule has 1 N–H and O–H groups in total. The van der Waals surface area contributed by atoms with Gasteiger partial charge in [0.1, 0.15) is 12.1 Å². The number of ether oxygens (including phenoxy) is 1. The molecule has 0 aliphatic heterocycles. The van der Waals surface area contributed by atoms with Crippen LogP contribution < -0.4 is 4.74 Å². The van der Waals surface area contributed by atoms with E-state index in [9.17, 15) is 4.79 Å². The van der Waals surface area contributed by atoms with Crippen LogP contribution in [0.15, 0.2) is 36.7 Å². The summed E-state index contributed by atoms with van der Waals surface area (Å²) < 4.78 is 5.50. The Morgan fingerprint density at radius 3 is 2.89 bits per heavy atom. The lowest BCUT2D eigenvalue weighted by Gasteiger charge is -2.06. The average Bonchev–Trinajstić information content (AvgIpc) is 2.39. The molecular formula is C13H12N2O3. The summed E-state index contributed by atoms with van der Waals surface area (Å²) in [5.74, 6) is -0.260. The van der Waals surface area contributed by atoms with Gasteiger partial charge in [-0.15, -0.1) is 0 Å². The van der Waals surface area contributed by atoms with E-state index in [1.54, 1.807) is 6.07 Å². The molecule has 0 aliphatic rings. The smallest absolute Gasteiger partial charge is 0.354 e. The second kappa shape index (κ2) is 5.27. The van der Waals surface area contributed by atoms with Gasteiger partial charge < -0.3 is 9.84 Å². The van der Waals surface area contributed by atoms with E-state index in [-0.39, 0.29) is 11.6 Å². The van der Waals surface area contributed by atoms with Crippen molar-refractivity contribution in [3.05, 3.63) is 47.9 Å². The SMILES string of the molecule is CCc1cccc(Oc2cc(C(=O)O)ncn2)c1. The predicted molar refractivity (Wildman–Crippen MR) is 64.9 cm³/mol. The molecular weight excluding hydrogens is 232 g/mol. The van der Waals surface area contributed by atoms with Crippen LogP contribution in [0.2, 0.25) is 0 Å². The summed E-state index contributed by atoms with van der Waals surface area (Å²) in [5, 5.41) is 8.81. The van der Waals surface area contributed by atoms with E-state index in [4.69, 9.17) is 9.84 Å². The molecule has 1 heterocycles. The van der Waals surface area contributed by atoms with Crippen LogP contribution in [0, 0.1) is 0 Å². The number of aryl methyl sites for hydroxylation is 1. The van der Waals surface area contributed by atoms with Crippen LogP contribution in [-0.4, -0.2) is 21.0 Å². The number of hydrogen-bond acceptors (Lipinski definition) is 4. The predicted octanol–water partition coefficient (Wildman–Crippen LogP) is 2.53. The Balaban J connectivity index is 2.22. The van der Waals surface area contributed by atoms with Gasteiger partial charge in [0.05, 0.1) is 0 Å². The maximum atomic E-state index is 10.8. The lowest BCUT2D eigenvalue weighted by Crippen LogP contribution is -2.01. The molecule has 2 rings (SSSR count). The zero-order valence-corrected chi connectivity index (χ0v) is 9.83. The standard InChI is InChI=1S/C13H12N2O3/c1-2-9-4-3-5-10(6-9)18-12-7-11(13(16)17)14-8-15-12/h3-8H,2H2,1H3,(H,16,17). The van der Waals surface area contributed by atoms with Crippen molar-refractivity contribution < 1.29 is 14.6 Å². The van der Waals surface area contributed by atoms with Crippen LogP contribution in [0.4, 0.5) is 0 Å². The summed E-state index contributed by atoms with van der Waals surface area (Å²) in [6, 6.07) is 8.86. The molecule has 0 fully saturated rings. The molecule has 0 amide bonds. The Morgan fingerprint density at radius 2 is 2.17 bits per heavy atom. The number of aromatic carboxylic acids is 1. The molecule has 0 saturated carbocycles. The number of carboxylic acids is 1. The van der Waals surface area contributed by atoms with E-state index in [2.05, 4.69) is 9.97 Å². The molecule has 0 atom stereocenters. The van der Waals surface area contributed by atoms with E-state index >= 15 is 0 Å². The Labute approximate surface area is 104 Å². The maximum Gasteiger partial charge on any atom is 0.354 e. The number of hydrogen-bond donors (Lipinski definition) is 1. The Morgan fingerprint density at radius 1 is 1.33 bits per heavy atom. The van der Waals surface area contributed by atoms with Crippen LogP contribution in [0.1, 0.15) is 23.0 Å². The minimum atomic E-state index is -1.11. The maximum absolute atomic E-state index is 10.8. The molecule has 0 spiro atoms. The summed E-state index contributed by atoms with van der Waals surface area (Å²) in [6.45, 7) is 2.05. The third kappa shape index (κ3) is 2.82. The van der Waals surface area contributed by atoms with Gasteiger partial charge in [0.2, 0.25) is 5.88 Å². The van der Waals surface area contributed by atoms with E-state index in [0.717, 1.165) is 12.0 Å². The number of aromatic nitrogens is 2.